The summed E-state index contributed by atoms with van der Waals surface area (Å²) in [6.45, 7) is 8.21. The molecule has 0 aliphatic heterocycles. The van der Waals surface area contributed by atoms with E-state index in [-0.39, 0.29) is 30.3 Å². The molecule has 1 aromatic rings. The summed E-state index contributed by atoms with van der Waals surface area (Å²) in [4.78, 5) is 25.8. The van der Waals surface area contributed by atoms with Crippen molar-refractivity contribution < 1.29 is 14.3 Å². The van der Waals surface area contributed by atoms with Crippen molar-refractivity contribution in [3.05, 3.63) is 29.8 Å². The number of nitrogens with one attached hydrogen (secondary N) is 1. The molecule has 0 aromatic heterocycles. The molecule has 5 heteroatoms. The maximum Gasteiger partial charge on any atom is 0.240 e. The Kier molecular flexibility index (Phi) is 6.40. The molecule has 0 aliphatic carbocycles. The summed E-state index contributed by atoms with van der Waals surface area (Å²) in [5.74, 6) is 0.558. The van der Waals surface area contributed by atoms with Crippen LogP contribution in [0.2, 0.25) is 0 Å². The second-order valence-corrected chi connectivity index (χ2v) is 6.23. The first-order chi connectivity index (χ1) is 10.2. The van der Waals surface area contributed by atoms with Gasteiger partial charge in [-0.3, -0.25) is 9.59 Å². The lowest BCUT2D eigenvalue weighted by Gasteiger charge is -2.25. The Labute approximate surface area is 132 Å². The number of methoxy groups -OCH3 is 1. The van der Waals surface area contributed by atoms with Gasteiger partial charge in [-0.05, 0) is 45.4 Å². The van der Waals surface area contributed by atoms with Crippen LogP contribution in [0.3, 0.4) is 0 Å². The van der Waals surface area contributed by atoms with E-state index in [0.717, 1.165) is 11.3 Å². The zero-order valence-electron chi connectivity index (χ0n) is 14.1. The molecule has 22 heavy (non-hydrogen) atoms. The number of likely N-dealkylation sites (N-methyl/N-ethyl adjacent to an activating group) is 1. The van der Waals surface area contributed by atoms with Gasteiger partial charge in [-0.15, -0.1) is 0 Å². The van der Waals surface area contributed by atoms with Crippen LogP contribution in [0.15, 0.2) is 24.3 Å². The van der Waals surface area contributed by atoms with Crippen molar-refractivity contribution in [1.82, 2.24) is 10.2 Å². The van der Waals surface area contributed by atoms with Crippen molar-refractivity contribution in [2.24, 2.45) is 0 Å². The van der Waals surface area contributed by atoms with Gasteiger partial charge in [0.15, 0.2) is 0 Å². The molecule has 0 unspecified atom stereocenters. The summed E-state index contributed by atoms with van der Waals surface area (Å²) in [7, 11) is 1.60. The first-order valence-electron chi connectivity index (χ1n) is 7.47. The van der Waals surface area contributed by atoms with E-state index in [1.165, 1.54) is 0 Å². The SMILES string of the molecule is CCN(CC(=O)NC(C)(C)C)C(=O)Cc1ccc(OC)cc1. The van der Waals surface area contributed by atoms with Crippen molar-refractivity contribution in [3.8, 4) is 5.75 Å². The third-order valence-corrected chi connectivity index (χ3v) is 3.10. The van der Waals surface area contributed by atoms with Crippen molar-refractivity contribution in [3.63, 3.8) is 0 Å². The highest BCUT2D eigenvalue weighted by Gasteiger charge is 2.19. The number of benzene rings is 1. The summed E-state index contributed by atoms with van der Waals surface area (Å²) < 4.78 is 5.09. The minimum Gasteiger partial charge on any atom is -0.497 e. The van der Waals surface area contributed by atoms with Crippen LogP contribution in [-0.4, -0.2) is 42.5 Å². The predicted octanol–water partition coefficient (Wildman–Crippen LogP) is 2.00. The molecule has 1 rings (SSSR count). The monoisotopic (exact) mass is 306 g/mol. The number of carbonyl (C=O) groups excluding carboxylic acids is 2. The number of carbonyl (C=O) groups is 2. The molecule has 0 radical (unpaired) electrons. The van der Waals surface area contributed by atoms with Gasteiger partial charge in [0.05, 0.1) is 20.1 Å². The number of amides is 2. The minimum absolute atomic E-state index is 0.0586. The van der Waals surface area contributed by atoms with E-state index in [4.69, 9.17) is 4.74 Å². The summed E-state index contributed by atoms with van der Waals surface area (Å²) >= 11 is 0. The standard InChI is InChI=1S/C17H26N2O3/c1-6-19(12-15(20)18-17(2,3)4)16(21)11-13-7-9-14(22-5)10-8-13/h7-10H,6,11-12H2,1-5H3,(H,18,20). The number of hydrogen-bond donors (Lipinski definition) is 1. The zero-order chi connectivity index (χ0) is 16.8. The number of rotatable bonds is 6. The second-order valence-electron chi connectivity index (χ2n) is 6.23. The second kappa shape index (κ2) is 7.82. The van der Waals surface area contributed by atoms with Crippen LogP contribution in [0.25, 0.3) is 0 Å². The topological polar surface area (TPSA) is 58.6 Å². The first-order valence-corrected chi connectivity index (χ1v) is 7.47. The summed E-state index contributed by atoms with van der Waals surface area (Å²) in [6, 6.07) is 7.37. The van der Waals surface area contributed by atoms with E-state index < -0.39 is 0 Å². The molecule has 1 aromatic carbocycles. The normalized spacial score (nSPS) is 11.0. The Morgan fingerprint density at radius 2 is 1.77 bits per heavy atom. The summed E-state index contributed by atoms with van der Waals surface area (Å²) in [5.41, 5.74) is 0.607. The van der Waals surface area contributed by atoms with Crippen molar-refractivity contribution in [1.29, 1.82) is 0 Å². The average molecular weight is 306 g/mol. The van der Waals surface area contributed by atoms with Gasteiger partial charge < -0.3 is 15.0 Å². The van der Waals surface area contributed by atoms with Gasteiger partial charge in [0, 0.05) is 12.1 Å². The molecule has 122 valence electrons. The third kappa shape index (κ3) is 6.16. The van der Waals surface area contributed by atoms with Gasteiger partial charge in [-0.25, -0.2) is 0 Å². The van der Waals surface area contributed by atoms with Crippen LogP contribution in [0.5, 0.6) is 5.75 Å². The number of ether oxygens (including phenoxy) is 1. The van der Waals surface area contributed by atoms with Gasteiger partial charge in [0.1, 0.15) is 5.75 Å². The molecule has 0 saturated carbocycles. The van der Waals surface area contributed by atoms with Gasteiger partial charge in [0.25, 0.3) is 0 Å². The van der Waals surface area contributed by atoms with E-state index in [0.29, 0.717) is 6.54 Å². The molecular weight excluding hydrogens is 280 g/mol. The predicted molar refractivity (Wildman–Crippen MR) is 86.8 cm³/mol. The van der Waals surface area contributed by atoms with Crippen molar-refractivity contribution in [2.45, 2.75) is 39.7 Å². The van der Waals surface area contributed by atoms with Crippen LogP contribution in [-0.2, 0) is 16.0 Å². The third-order valence-electron chi connectivity index (χ3n) is 3.10. The highest BCUT2D eigenvalue weighted by Crippen LogP contribution is 2.12. The van der Waals surface area contributed by atoms with E-state index in [1.54, 1.807) is 12.0 Å². The van der Waals surface area contributed by atoms with Crippen molar-refractivity contribution >= 4 is 11.8 Å². The van der Waals surface area contributed by atoms with Crippen LogP contribution < -0.4 is 10.1 Å². The van der Waals surface area contributed by atoms with Gasteiger partial charge >= 0.3 is 0 Å². The molecule has 0 spiro atoms. The lowest BCUT2D eigenvalue weighted by Crippen LogP contribution is -2.47. The molecule has 0 atom stereocenters. The highest BCUT2D eigenvalue weighted by atomic mass is 16.5. The largest absolute Gasteiger partial charge is 0.497 e. The van der Waals surface area contributed by atoms with Gasteiger partial charge in [0.2, 0.25) is 11.8 Å². The fourth-order valence-corrected chi connectivity index (χ4v) is 2.04. The van der Waals surface area contributed by atoms with E-state index in [2.05, 4.69) is 5.32 Å². The smallest absolute Gasteiger partial charge is 0.240 e. The Morgan fingerprint density at radius 1 is 1.18 bits per heavy atom. The van der Waals surface area contributed by atoms with Crippen molar-refractivity contribution in [2.75, 3.05) is 20.2 Å². The maximum absolute atomic E-state index is 12.3. The van der Waals surface area contributed by atoms with Gasteiger partial charge in [-0.1, -0.05) is 12.1 Å². The summed E-state index contributed by atoms with van der Waals surface area (Å²) in [6.07, 6.45) is 0.278. The lowest BCUT2D eigenvalue weighted by molar-refractivity contribution is -0.135. The average Bonchev–Trinajstić information content (AvgIpc) is 2.43. The Hall–Kier alpha value is -2.04. The molecular formula is C17H26N2O3. The maximum atomic E-state index is 12.3. The molecule has 0 aliphatic rings. The Morgan fingerprint density at radius 3 is 2.23 bits per heavy atom. The minimum atomic E-state index is -0.296. The quantitative estimate of drug-likeness (QED) is 0.874. The fourth-order valence-electron chi connectivity index (χ4n) is 2.04. The van der Waals surface area contributed by atoms with Crippen LogP contribution >= 0.6 is 0 Å². The Bertz CT molecular complexity index is 504. The van der Waals surface area contributed by atoms with Crippen LogP contribution in [0.1, 0.15) is 33.3 Å². The molecule has 0 bridgehead atoms. The van der Waals surface area contributed by atoms with E-state index >= 15 is 0 Å². The number of nitrogens with zero attached hydrogens (tertiary/aromatic N) is 1. The van der Waals surface area contributed by atoms with E-state index in [1.807, 2.05) is 52.0 Å². The molecule has 5 nitrogen and oxygen atoms in total. The van der Waals surface area contributed by atoms with Crippen LogP contribution in [0.4, 0.5) is 0 Å². The first kappa shape index (κ1) is 18.0. The van der Waals surface area contributed by atoms with E-state index in [9.17, 15) is 9.59 Å². The molecule has 0 saturated heterocycles. The Balaban J connectivity index is 2.61. The molecule has 1 N–H and O–H groups in total. The summed E-state index contributed by atoms with van der Waals surface area (Å²) in [5, 5.41) is 2.87. The zero-order valence-corrected chi connectivity index (χ0v) is 14.1. The lowest BCUT2D eigenvalue weighted by atomic mass is 10.1. The number of hydrogen-bond acceptors (Lipinski definition) is 3. The molecule has 0 heterocycles. The molecule has 0 fully saturated rings. The fraction of sp³-hybridized carbons (Fsp3) is 0.529. The van der Waals surface area contributed by atoms with Gasteiger partial charge in [-0.2, -0.15) is 0 Å². The molecule has 2 amide bonds. The highest BCUT2D eigenvalue weighted by molar-refractivity contribution is 5.86. The van der Waals surface area contributed by atoms with Crippen LogP contribution in [0, 0.1) is 0 Å².